The van der Waals surface area contributed by atoms with Gasteiger partial charge in [0.2, 0.25) is 0 Å². The average molecular weight is 180 g/mol. The standard InChI is InChI=1S/C11H16O2/c1-11-6-5-9(12)7-8(11)3-2-4-10(11)13/h7,9,12H,2-6H2,1H3/t9?,11-/m0/s1. The second kappa shape index (κ2) is 2.95. The molecule has 0 heterocycles. The van der Waals surface area contributed by atoms with Gasteiger partial charge < -0.3 is 5.11 Å². The Kier molecular flexibility index (Phi) is 2.03. The number of carbonyl (C=O) groups excluding carboxylic acids is 1. The van der Waals surface area contributed by atoms with E-state index in [9.17, 15) is 9.90 Å². The third kappa shape index (κ3) is 1.33. The minimum atomic E-state index is -0.311. The van der Waals surface area contributed by atoms with E-state index in [0.29, 0.717) is 5.78 Å². The van der Waals surface area contributed by atoms with Gasteiger partial charge >= 0.3 is 0 Å². The molecule has 2 rings (SSSR count). The van der Waals surface area contributed by atoms with Gasteiger partial charge in [0.05, 0.1) is 6.10 Å². The van der Waals surface area contributed by atoms with Crippen molar-refractivity contribution in [2.45, 2.75) is 45.1 Å². The van der Waals surface area contributed by atoms with Gasteiger partial charge in [-0.1, -0.05) is 11.6 Å². The number of hydrogen-bond acceptors (Lipinski definition) is 2. The Morgan fingerprint density at radius 1 is 1.54 bits per heavy atom. The van der Waals surface area contributed by atoms with Crippen molar-refractivity contribution in [3.8, 4) is 0 Å². The minimum Gasteiger partial charge on any atom is -0.389 e. The molecule has 0 aromatic rings. The molecule has 2 aliphatic rings. The van der Waals surface area contributed by atoms with Crippen molar-refractivity contribution < 1.29 is 9.90 Å². The average Bonchev–Trinajstić information content (AvgIpc) is 2.09. The van der Waals surface area contributed by atoms with E-state index >= 15 is 0 Å². The lowest BCUT2D eigenvalue weighted by molar-refractivity contribution is -0.128. The molecule has 0 amide bonds. The third-order valence-electron chi connectivity index (χ3n) is 3.51. The fourth-order valence-electron chi connectivity index (χ4n) is 2.49. The Morgan fingerprint density at radius 2 is 2.31 bits per heavy atom. The van der Waals surface area contributed by atoms with Gasteiger partial charge in [0.25, 0.3) is 0 Å². The molecule has 1 saturated carbocycles. The van der Waals surface area contributed by atoms with Gasteiger partial charge in [0.1, 0.15) is 5.78 Å². The molecule has 1 N–H and O–H groups in total. The van der Waals surface area contributed by atoms with Gasteiger partial charge in [-0.3, -0.25) is 4.79 Å². The molecule has 72 valence electrons. The van der Waals surface area contributed by atoms with Crippen molar-refractivity contribution in [2.24, 2.45) is 5.41 Å². The number of Topliss-reactive ketones (excluding diaryl/α,β-unsaturated/α-hetero) is 1. The van der Waals surface area contributed by atoms with E-state index < -0.39 is 0 Å². The molecule has 1 fully saturated rings. The Bertz CT molecular complexity index is 267. The van der Waals surface area contributed by atoms with Crippen molar-refractivity contribution in [3.63, 3.8) is 0 Å². The summed E-state index contributed by atoms with van der Waals surface area (Å²) >= 11 is 0. The second-order valence-corrected chi connectivity index (χ2v) is 4.41. The highest BCUT2D eigenvalue weighted by Gasteiger charge is 2.41. The molecule has 13 heavy (non-hydrogen) atoms. The predicted octanol–water partition coefficient (Wildman–Crippen LogP) is 1.83. The maximum absolute atomic E-state index is 11.7. The van der Waals surface area contributed by atoms with Crippen LogP contribution in [0.1, 0.15) is 39.0 Å². The predicted molar refractivity (Wildman–Crippen MR) is 50.3 cm³/mol. The lowest BCUT2D eigenvalue weighted by atomic mass is 9.65. The second-order valence-electron chi connectivity index (χ2n) is 4.41. The van der Waals surface area contributed by atoms with Gasteiger partial charge in [-0.15, -0.1) is 0 Å². The van der Waals surface area contributed by atoms with Crippen LogP contribution in [0.15, 0.2) is 11.6 Å². The van der Waals surface area contributed by atoms with Crippen molar-refractivity contribution in [1.82, 2.24) is 0 Å². The van der Waals surface area contributed by atoms with Crippen LogP contribution in [-0.2, 0) is 4.79 Å². The van der Waals surface area contributed by atoms with E-state index in [1.54, 1.807) is 0 Å². The van der Waals surface area contributed by atoms with Gasteiger partial charge in [-0.05, 0) is 32.6 Å². The van der Waals surface area contributed by atoms with E-state index in [-0.39, 0.29) is 11.5 Å². The summed E-state index contributed by atoms with van der Waals surface area (Å²) in [4.78, 5) is 11.7. The van der Waals surface area contributed by atoms with Gasteiger partial charge in [-0.2, -0.15) is 0 Å². The van der Waals surface area contributed by atoms with Crippen molar-refractivity contribution in [1.29, 1.82) is 0 Å². The topological polar surface area (TPSA) is 37.3 Å². The maximum atomic E-state index is 11.7. The van der Waals surface area contributed by atoms with Crippen LogP contribution in [0.2, 0.25) is 0 Å². The normalized spacial score (nSPS) is 39.7. The highest BCUT2D eigenvalue weighted by Crippen LogP contribution is 2.44. The molecule has 0 saturated heterocycles. The zero-order valence-electron chi connectivity index (χ0n) is 8.05. The summed E-state index contributed by atoms with van der Waals surface area (Å²) in [6.07, 6.45) is 5.86. The molecule has 0 aromatic carbocycles. The number of carbonyl (C=O) groups is 1. The number of hydrogen-bond donors (Lipinski definition) is 1. The minimum absolute atomic E-state index is 0.225. The summed E-state index contributed by atoms with van der Waals surface area (Å²) < 4.78 is 0. The Balaban J connectivity index is 2.34. The number of ketones is 1. The first-order chi connectivity index (χ1) is 6.13. The number of fused-ring (bicyclic) bond motifs is 1. The van der Waals surface area contributed by atoms with Gasteiger partial charge in [0.15, 0.2) is 0 Å². The molecule has 0 aliphatic heterocycles. The van der Waals surface area contributed by atoms with Crippen molar-refractivity contribution in [3.05, 3.63) is 11.6 Å². The van der Waals surface area contributed by atoms with E-state index in [4.69, 9.17) is 0 Å². The zero-order valence-corrected chi connectivity index (χ0v) is 8.05. The molecule has 2 atom stereocenters. The quantitative estimate of drug-likeness (QED) is 0.577. The third-order valence-corrected chi connectivity index (χ3v) is 3.51. The van der Waals surface area contributed by atoms with Crippen LogP contribution >= 0.6 is 0 Å². The smallest absolute Gasteiger partial charge is 0.142 e. The molecular formula is C11H16O2. The molecule has 2 nitrogen and oxygen atoms in total. The van der Waals surface area contributed by atoms with Crippen LogP contribution in [-0.4, -0.2) is 17.0 Å². The molecule has 1 unspecified atom stereocenters. The molecule has 0 aromatic heterocycles. The number of allylic oxidation sites excluding steroid dienone is 1. The Hall–Kier alpha value is -0.630. The van der Waals surface area contributed by atoms with Crippen molar-refractivity contribution in [2.75, 3.05) is 0 Å². The monoisotopic (exact) mass is 180 g/mol. The summed E-state index contributed by atoms with van der Waals surface area (Å²) in [6, 6.07) is 0. The van der Waals surface area contributed by atoms with Crippen LogP contribution in [0.3, 0.4) is 0 Å². The summed E-state index contributed by atoms with van der Waals surface area (Å²) in [5, 5.41) is 9.46. The number of rotatable bonds is 0. The van der Waals surface area contributed by atoms with Crippen LogP contribution in [0, 0.1) is 5.41 Å². The molecule has 2 aliphatic carbocycles. The highest BCUT2D eigenvalue weighted by molar-refractivity contribution is 5.88. The van der Waals surface area contributed by atoms with E-state index in [2.05, 4.69) is 0 Å². The fraction of sp³-hybridized carbons (Fsp3) is 0.727. The first-order valence-electron chi connectivity index (χ1n) is 5.05. The number of aliphatic hydroxyl groups is 1. The van der Waals surface area contributed by atoms with Crippen LogP contribution in [0.5, 0.6) is 0 Å². The summed E-state index contributed by atoms with van der Waals surface area (Å²) in [6.45, 7) is 2.03. The molecule has 0 radical (unpaired) electrons. The van der Waals surface area contributed by atoms with Gasteiger partial charge in [0, 0.05) is 11.8 Å². The zero-order chi connectivity index (χ0) is 9.47. The number of aliphatic hydroxyl groups excluding tert-OH is 1. The lowest BCUT2D eigenvalue weighted by Crippen LogP contribution is -2.37. The van der Waals surface area contributed by atoms with Crippen molar-refractivity contribution >= 4 is 5.78 Å². The first-order valence-corrected chi connectivity index (χ1v) is 5.05. The SMILES string of the molecule is C[C@]12CCC(O)C=C1CCCC2=O. The van der Waals surface area contributed by atoms with E-state index in [0.717, 1.165) is 32.1 Å². The van der Waals surface area contributed by atoms with Crippen LogP contribution < -0.4 is 0 Å². The molecule has 0 spiro atoms. The van der Waals surface area contributed by atoms with Crippen LogP contribution in [0.25, 0.3) is 0 Å². The Morgan fingerprint density at radius 3 is 3.08 bits per heavy atom. The largest absolute Gasteiger partial charge is 0.389 e. The van der Waals surface area contributed by atoms with E-state index in [1.807, 2.05) is 13.0 Å². The summed E-state index contributed by atoms with van der Waals surface area (Å²) in [7, 11) is 0. The molecule has 0 bridgehead atoms. The van der Waals surface area contributed by atoms with Gasteiger partial charge in [-0.25, -0.2) is 0 Å². The maximum Gasteiger partial charge on any atom is 0.142 e. The molecule has 2 heteroatoms. The Labute approximate surface area is 78.6 Å². The summed E-state index contributed by atoms with van der Waals surface area (Å²) in [5.41, 5.74) is 0.958. The fourth-order valence-corrected chi connectivity index (χ4v) is 2.49. The molecular weight excluding hydrogens is 164 g/mol. The lowest BCUT2D eigenvalue weighted by Gasteiger charge is -2.39. The van der Waals surface area contributed by atoms with E-state index in [1.165, 1.54) is 5.57 Å². The highest BCUT2D eigenvalue weighted by atomic mass is 16.3. The first kappa shape index (κ1) is 8.95. The van der Waals surface area contributed by atoms with Crippen LogP contribution in [0.4, 0.5) is 0 Å². The summed E-state index contributed by atoms with van der Waals surface area (Å²) in [5.74, 6) is 0.372.